The second kappa shape index (κ2) is 7.39. The molecule has 4 atom stereocenters. The number of carbonyl (C=O) groups excluding carboxylic acids is 3. The van der Waals surface area contributed by atoms with Gasteiger partial charge in [-0.05, 0) is 30.2 Å². The van der Waals surface area contributed by atoms with Gasteiger partial charge in [-0.2, -0.15) is 0 Å². The first-order chi connectivity index (χ1) is 13.0. The molecule has 1 aromatic rings. The van der Waals surface area contributed by atoms with Gasteiger partial charge in [0.15, 0.2) is 11.6 Å². The molecule has 0 amide bonds. The minimum atomic E-state index is -0.672. The summed E-state index contributed by atoms with van der Waals surface area (Å²) in [7, 11) is 0. The number of fused-ring (bicyclic) bond motifs is 1. The summed E-state index contributed by atoms with van der Waals surface area (Å²) in [4.78, 5) is 38.6. The lowest BCUT2D eigenvalue weighted by Gasteiger charge is -2.23. The molecule has 140 valence electrons. The third-order valence-electron chi connectivity index (χ3n) is 5.70. The van der Waals surface area contributed by atoms with Crippen molar-refractivity contribution < 1.29 is 14.4 Å². The molecule has 3 aliphatic rings. The Morgan fingerprint density at radius 2 is 1.89 bits per heavy atom. The van der Waals surface area contributed by atoms with Crippen molar-refractivity contribution in [3.05, 3.63) is 41.0 Å². The number of rotatable bonds is 5. The van der Waals surface area contributed by atoms with Crippen LogP contribution in [0.5, 0.6) is 0 Å². The molecular formula is C20H20N2O3S2. The van der Waals surface area contributed by atoms with Crippen LogP contribution in [0.25, 0.3) is 6.08 Å². The van der Waals surface area contributed by atoms with Crippen molar-refractivity contribution in [2.75, 3.05) is 13.1 Å². The smallest absolute Gasteiger partial charge is 0.203 e. The highest BCUT2D eigenvalue weighted by Crippen LogP contribution is 2.31. The fourth-order valence-corrected chi connectivity index (χ4v) is 4.92. The molecule has 5 nitrogen and oxygen atoms in total. The summed E-state index contributed by atoms with van der Waals surface area (Å²) in [5, 5.41) is 5.80. The minimum absolute atomic E-state index is 0.0840. The maximum absolute atomic E-state index is 13.2. The monoisotopic (exact) mass is 400 g/mol. The summed E-state index contributed by atoms with van der Waals surface area (Å²) in [6.07, 6.45) is 3.03. The SMILES string of the molecule is O=C(C1=Cc2ccccc2C1)C1C(=S)CN[C@@H]1C(=O)C1CCN[C@@H]1C(=O)S. The van der Waals surface area contributed by atoms with E-state index in [0.717, 1.165) is 11.1 Å². The Morgan fingerprint density at radius 3 is 2.63 bits per heavy atom. The molecule has 1 aliphatic carbocycles. The molecule has 0 aromatic heterocycles. The Hall–Kier alpha value is -1.67. The van der Waals surface area contributed by atoms with Crippen molar-refractivity contribution in [1.82, 2.24) is 10.6 Å². The second-order valence-electron chi connectivity index (χ2n) is 7.28. The standard InChI is InChI=1S/C20H20N2O3S2/c23-18(12-7-10-3-1-2-4-11(10)8-12)15-14(26)9-22-17(15)19(24)13-5-6-21-16(13)20(25)27/h1-4,7,13,15-17,21-22H,5-6,8-9H2,(H,25,27)/t13?,15?,16-,17-/m0/s1. The first-order valence-electron chi connectivity index (χ1n) is 9.06. The molecule has 2 aliphatic heterocycles. The molecular weight excluding hydrogens is 380 g/mol. The number of carbonyl (C=O) groups is 3. The lowest BCUT2D eigenvalue weighted by Crippen LogP contribution is -2.47. The van der Waals surface area contributed by atoms with Gasteiger partial charge in [-0.3, -0.25) is 14.4 Å². The fraction of sp³-hybridized carbons (Fsp3) is 0.400. The summed E-state index contributed by atoms with van der Waals surface area (Å²) in [6.45, 7) is 0.950. The zero-order valence-corrected chi connectivity index (χ0v) is 16.3. The average molecular weight is 401 g/mol. The summed E-state index contributed by atoms with van der Waals surface area (Å²) in [5.74, 6) is -1.33. The number of allylic oxidation sites excluding steroid dienone is 1. The molecule has 2 heterocycles. The molecule has 0 saturated carbocycles. The molecule has 2 saturated heterocycles. The second-order valence-corrected chi connectivity index (χ2v) is 8.24. The quantitative estimate of drug-likeness (QED) is 0.509. The van der Waals surface area contributed by atoms with E-state index in [1.54, 1.807) is 0 Å². The summed E-state index contributed by atoms with van der Waals surface area (Å²) in [6, 6.07) is 6.62. The number of Topliss-reactive ketones (excluding diaryl/α,β-unsaturated/α-hetero) is 2. The Bertz CT molecular complexity index is 880. The molecule has 0 bridgehead atoms. The van der Waals surface area contributed by atoms with Crippen molar-refractivity contribution in [1.29, 1.82) is 0 Å². The lowest BCUT2D eigenvalue weighted by molar-refractivity contribution is -0.130. The fourth-order valence-electron chi connectivity index (χ4n) is 4.32. The van der Waals surface area contributed by atoms with Gasteiger partial charge in [-0.1, -0.05) is 36.5 Å². The molecule has 2 N–H and O–H groups in total. The van der Waals surface area contributed by atoms with Crippen LogP contribution in [0.2, 0.25) is 0 Å². The van der Waals surface area contributed by atoms with Gasteiger partial charge in [0.1, 0.15) is 0 Å². The largest absolute Gasteiger partial charge is 0.306 e. The first kappa shape index (κ1) is 18.7. The normalized spacial score (nSPS) is 29.5. The highest BCUT2D eigenvalue weighted by Gasteiger charge is 2.47. The average Bonchev–Trinajstić information content (AvgIpc) is 3.37. The van der Waals surface area contributed by atoms with E-state index in [2.05, 4.69) is 23.3 Å². The Morgan fingerprint density at radius 1 is 1.11 bits per heavy atom. The van der Waals surface area contributed by atoms with Gasteiger partial charge in [0.05, 0.1) is 18.0 Å². The zero-order chi connectivity index (χ0) is 19.1. The molecule has 1 aromatic carbocycles. The van der Waals surface area contributed by atoms with E-state index in [1.165, 1.54) is 0 Å². The third-order valence-corrected chi connectivity index (χ3v) is 6.38. The van der Waals surface area contributed by atoms with Crippen LogP contribution >= 0.6 is 24.8 Å². The third kappa shape index (κ3) is 3.33. The van der Waals surface area contributed by atoms with E-state index in [4.69, 9.17) is 12.2 Å². The topological polar surface area (TPSA) is 75.3 Å². The number of ketones is 2. The van der Waals surface area contributed by atoms with Gasteiger partial charge < -0.3 is 10.6 Å². The summed E-state index contributed by atoms with van der Waals surface area (Å²) in [5.41, 5.74) is 2.85. The van der Waals surface area contributed by atoms with E-state index in [9.17, 15) is 14.4 Å². The van der Waals surface area contributed by atoms with Gasteiger partial charge in [0.25, 0.3) is 0 Å². The Labute approximate surface area is 168 Å². The van der Waals surface area contributed by atoms with Crippen molar-refractivity contribution in [2.45, 2.75) is 24.9 Å². The van der Waals surface area contributed by atoms with Gasteiger partial charge >= 0.3 is 0 Å². The van der Waals surface area contributed by atoms with E-state index in [-0.39, 0.29) is 16.7 Å². The molecule has 0 radical (unpaired) electrons. The van der Waals surface area contributed by atoms with Crippen LogP contribution in [0, 0.1) is 11.8 Å². The minimum Gasteiger partial charge on any atom is -0.306 e. The number of nitrogens with one attached hydrogen (secondary N) is 2. The first-order valence-corrected chi connectivity index (χ1v) is 9.91. The maximum Gasteiger partial charge on any atom is 0.203 e. The predicted molar refractivity (Wildman–Crippen MR) is 110 cm³/mol. The van der Waals surface area contributed by atoms with Crippen LogP contribution in [-0.2, 0) is 20.8 Å². The number of benzene rings is 1. The van der Waals surface area contributed by atoms with Crippen LogP contribution in [0.1, 0.15) is 17.5 Å². The van der Waals surface area contributed by atoms with Crippen LogP contribution in [0.3, 0.4) is 0 Å². The van der Waals surface area contributed by atoms with Crippen LogP contribution in [-0.4, -0.2) is 46.7 Å². The van der Waals surface area contributed by atoms with Gasteiger partial charge in [-0.25, -0.2) is 0 Å². The van der Waals surface area contributed by atoms with Crippen LogP contribution < -0.4 is 10.6 Å². The highest BCUT2D eigenvalue weighted by molar-refractivity contribution is 7.96. The summed E-state index contributed by atoms with van der Waals surface area (Å²) < 4.78 is 0. The van der Waals surface area contributed by atoms with Crippen LogP contribution in [0.15, 0.2) is 29.8 Å². The maximum atomic E-state index is 13.2. The van der Waals surface area contributed by atoms with Gasteiger partial charge in [-0.15, -0.1) is 12.6 Å². The number of hydrogen-bond donors (Lipinski definition) is 3. The molecule has 2 fully saturated rings. The number of thiol groups is 1. The van der Waals surface area contributed by atoms with Gasteiger partial charge in [0.2, 0.25) is 5.12 Å². The summed E-state index contributed by atoms with van der Waals surface area (Å²) >= 11 is 9.32. The molecule has 27 heavy (non-hydrogen) atoms. The van der Waals surface area contributed by atoms with E-state index >= 15 is 0 Å². The molecule has 4 rings (SSSR count). The van der Waals surface area contributed by atoms with E-state index in [1.807, 2.05) is 30.3 Å². The Kier molecular flexibility index (Phi) is 5.11. The van der Waals surface area contributed by atoms with Gasteiger partial charge in [0, 0.05) is 29.3 Å². The van der Waals surface area contributed by atoms with Crippen molar-refractivity contribution in [2.24, 2.45) is 11.8 Å². The molecule has 0 spiro atoms. The van der Waals surface area contributed by atoms with Crippen molar-refractivity contribution in [3.63, 3.8) is 0 Å². The van der Waals surface area contributed by atoms with Crippen molar-refractivity contribution in [3.8, 4) is 0 Å². The Balaban J connectivity index is 1.56. The van der Waals surface area contributed by atoms with E-state index in [0.29, 0.717) is 36.4 Å². The number of thiocarbonyl (C=S) groups is 1. The zero-order valence-electron chi connectivity index (χ0n) is 14.6. The molecule has 2 unspecified atom stereocenters. The predicted octanol–water partition coefficient (Wildman–Crippen LogP) is 1.16. The lowest BCUT2D eigenvalue weighted by atomic mass is 9.82. The van der Waals surface area contributed by atoms with E-state index < -0.39 is 23.9 Å². The highest BCUT2D eigenvalue weighted by atomic mass is 32.1. The van der Waals surface area contributed by atoms with Crippen LogP contribution in [0.4, 0.5) is 0 Å². The number of hydrogen-bond acceptors (Lipinski definition) is 6. The molecule has 7 heteroatoms. The van der Waals surface area contributed by atoms with Crippen molar-refractivity contribution >= 4 is 52.5 Å².